The molecule has 0 atom stereocenters. The number of nitrogens with one attached hydrogen (secondary N) is 1. The topological polar surface area (TPSA) is 82.5 Å². The minimum atomic E-state index is -0.944. The molecule has 0 saturated carbocycles. The van der Waals surface area contributed by atoms with Crippen LogP contribution in [0.2, 0.25) is 5.15 Å². The molecule has 0 fully saturated rings. The third-order valence-corrected chi connectivity index (χ3v) is 2.50. The Balaban J connectivity index is 2.34. The second-order valence-electron chi connectivity index (χ2n) is 3.59. The summed E-state index contributed by atoms with van der Waals surface area (Å²) in [7, 11) is 0. The van der Waals surface area contributed by atoms with Gasteiger partial charge in [-0.1, -0.05) is 17.7 Å². The number of rotatable bonds is 2. The van der Waals surface area contributed by atoms with Crippen LogP contribution >= 0.6 is 11.6 Å². The standard InChI is InChI=1S/C12H8ClFN2O3/c13-9-5-4-8(18)11(15-9)16-12(19)10-6(14)2-1-3-7(10)17/h1-5,17-18H,(H,15,16,19). The maximum absolute atomic E-state index is 13.5. The summed E-state index contributed by atoms with van der Waals surface area (Å²) in [6.07, 6.45) is 0. The van der Waals surface area contributed by atoms with E-state index in [-0.39, 0.29) is 16.7 Å². The zero-order valence-corrected chi connectivity index (χ0v) is 10.1. The minimum absolute atomic E-state index is 0.0471. The number of phenolic OH excluding ortho intramolecular Hbond substituents is 1. The van der Waals surface area contributed by atoms with E-state index in [1.54, 1.807) is 0 Å². The fourth-order valence-corrected chi connectivity index (χ4v) is 1.58. The van der Waals surface area contributed by atoms with Gasteiger partial charge in [-0.3, -0.25) is 4.79 Å². The molecule has 0 saturated heterocycles. The third-order valence-electron chi connectivity index (χ3n) is 2.29. The molecule has 0 aliphatic carbocycles. The first-order chi connectivity index (χ1) is 8.99. The molecule has 5 nitrogen and oxygen atoms in total. The molecule has 3 N–H and O–H groups in total. The second kappa shape index (κ2) is 5.11. The summed E-state index contributed by atoms with van der Waals surface area (Å²) < 4.78 is 13.5. The number of amides is 1. The van der Waals surface area contributed by atoms with Crippen molar-refractivity contribution in [1.82, 2.24) is 4.98 Å². The van der Waals surface area contributed by atoms with Crippen LogP contribution in [0.1, 0.15) is 10.4 Å². The monoisotopic (exact) mass is 282 g/mol. The smallest absolute Gasteiger partial charge is 0.263 e. The number of hydrogen-bond donors (Lipinski definition) is 3. The van der Waals surface area contributed by atoms with Crippen LogP contribution in [0.5, 0.6) is 11.5 Å². The Morgan fingerprint density at radius 3 is 2.63 bits per heavy atom. The van der Waals surface area contributed by atoms with Gasteiger partial charge in [0, 0.05) is 0 Å². The highest BCUT2D eigenvalue weighted by Crippen LogP contribution is 2.25. The third kappa shape index (κ3) is 2.74. The first-order valence-electron chi connectivity index (χ1n) is 5.13. The van der Waals surface area contributed by atoms with Crippen molar-refractivity contribution in [1.29, 1.82) is 0 Å². The zero-order valence-electron chi connectivity index (χ0n) is 9.39. The second-order valence-corrected chi connectivity index (χ2v) is 3.98. The van der Waals surface area contributed by atoms with Crippen LogP contribution < -0.4 is 5.32 Å². The number of pyridine rings is 1. The largest absolute Gasteiger partial charge is 0.507 e. The number of hydrogen-bond acceptors (Lipinski definition) is 4. The van der Waals surface area contributed by atoms with Gasteiger partial charge in [-0.2, -0.15) is 0 Å². The molecule has 0 radical (unpaired) electrons. The van der Waals surface area contributed by atoms with Gasteiger partial charge >= 0.3 is 0 Å². The maximum Gasteiger partial charge on any atom is 0.263 e. The molecule has 98 valence electrons. The molecule has 2 aromatic rings. The number of anilines is 1. The number of benzene rings is 1. The van der Waals surface area contributed by atoms with Crippen molar-refractivity contribution in [2.45, 2.75) is 0 Å². The van der Waals surface area contributed by atoms with Gasteiger partial charge in [-0.05, 0) is 24.3 Å². The van der Waals surface area contributed by atoms with E-state index in [9.17, 15) is 19.4 Å². The molecule has 0 bridgehead atoms. The predicted molar refractivity (Wildman–Crippen MR) is 66.9 cm³/mol. The molecule has 1 aromatic heterocycles. The number of aromatic nitrogens is 1. The molecule has 0 unspecified atom stereocenters. The van der Waals surface area contributed by atoms with Gasteiger partial charge < -0.3 is 15.5 Å². The van der Waals surface area contributed by atoms with Gasteiger partial charge in [0.25, 0.3) is 5.91 Å². The van der Waals surface area contributed by atoms with Crippen LogP contribution in [-0.2, 0) is 0 Å². The van der Waals surface area contributed by atoms with E-state index in [0.29, 0.717) is 0 Å². The first kappa shape index (κ1) is 13.1. The summed E-state index contributed by atoms with van der Waals surface area (Å²) in [5, 5.41) is 21.1. The highest BCUT2D eigenvalue weighted by molar-refractivity contribution is 6.29. The Hall–Kier alpha value is -2.34. The van der Waals surface area contributed by atoms with Gasteiger partial charge in [0.15, 0.2) is 11.6 Å². The van der Waals surface area contributed by atoms with Gasteiger partial charge in [0.05, 0.1) is 0 Å². The van der Waals surface area contributed by atoms with Crippen molar-refractivity contribution in [2.24, 2.45) is 0 Å². The quantitative estimate of drug-likeness (QED) is 0.739. The predicted octanol–water partition coefficient (Wildman–Crippen LogP) is 2.54. The van der Waals surface area contributed by atoms with E-state index in [1.165, 1.54) is 24.3 Å². The molecule has 1 heterocycles. The molecule has 1 aromatic carbocycles. The number of carbonyl (C=O) groups is 1. The average Bonchev–Trinajstić information content (AvgIpc) is 2.33. The van der Waals surface area contributed by atoms with Crippen LogP contribution in [0.15, 0.2) is 30.3 Å². The lowest BCUT2D eigenvalue weighted by Gasteiger charge is -2.08. The normalized spacial score (nSPS) is 10.2. The Kier molecular flexibility index (Phi) is 3.52. The van der Waals surface area contributed by atoms with Crippen molar-refractivity contribution < 1.29 is 19.4 Å². The molecule has 0 aliphatic heterocycles. The number of halogens is 2. The highest BCUT2D eigenvalue weighted by atomic mass is 35.5. The lowest BCUT2D eigenvalue weighted by atomic mass is 10.1. The van der Waals surface area contributed by atoms with Crippen LogP contribution in [0.4, 0.5) is 10.2 Å². The van der Waals surface area contributed by atoms with E-state index in [4.69, 9.17) is 11.6 Å². The fraction of sp³-hybridized carbons (Fsp3) is 0. The van der Waals surface area contributed by atoms with Crippen LogP contribution in [0.25, 0.3) is 0 Å². The summed E-state index contributed by atoms with van der Waals surface area (Å²) in [6.45, 7) is 0. The molecule has 7 heteroatoms. The number of carbonyl (C=O) groups excluding carboxylic acids is 1. The maximum atomic E-state index is 13.5. The lowest BCUT2D eigenvalue weighted by molar-refractivity contribution is 0.101. The number of nitrogens with zero attached hydrogens (tertiary/aromatic N) is 1. The summed E-state index contributed by atoms with van der Waals surface area (Å²) in [4.78, 5) is 15.5. The average molecular weight is 283 g/mol. The van der Waals surface area contributed by atoms with Crippen molar-refractivity contribution in [3.8, 4) is 11.5 Å². The van der Waals surface area contributed by atoms with E-state index < -0.39 is 23.0 Å². The summed E-state index contributed by atoms with van der Waals surface area (Å²) in [5.41, 5.74) is -0.538. The summed E-state index contributed by atoms with van der Waals surface area (Å²) in [5.74, 6) is -2.90. The minimum Gasteiger partial charge on any atom is -0.507 e. The SMILES string of the molecule is O=C(Nc1nc(Cl)ccc1O)c1c(O)cccc1F. The van der Waals surface area contributed by atoms with E-state index >= 15 is 0 Å². The van der Waals surface area contributed by atoms with Crippen molar-refractivity contribution in [2.75, 3.05) is 5.32 Å². The van der Waals surface area contributed by atoms with Crippen molar-refractivity contribution in [3.05, 3.63) is 46.9 Å². The Morgan fingerprint density at radius 2 is 1.95 bits per heavy atom. The number of phenols is 1. The van der Waals surface area contributed by atoms with Crippen LogP contribution in [0, 0.1) is 5.82 Å². The molecule has 0 aliphatic rings. The summed E-state index contributed by atoms with van der Waals surface area (Å²) in [6, 6.07) is 6.01. The Bertz CT molecular complexity index is 629. The Labute approximate surface area is 112 Å². The molecule has 1 amide bonds. The molecule has 2 rings (SSSR count). The number of aromatic hydroxyl groups is 2. The van der Waals surface area contributed by atoms with Crippen LogP contribution in [0.3, 0.4) is 0 Å². The van der Waals surface area contributed by atoms with E-state index in [0.717, 1.165) is 6.07 Å². The molecule has 19 heavy (non-hydrogen) atoms. The fourth-order valence-electron chi connectivity index (χ4n) is 1.43. The van der Waals surface area contributed by atoms with Crippen molar-refractivity contribution >= 4 is 23.3 Å². The summed E-state index contributed by atoms with van der Waals surface area (Å²) >= 11 is 5.61. The Morgan fingerprint density at radius 1 is 1.21 bits per heavy atom. The zero-order chi connectivity index (χ0) is 14.0. The molecule has 0 spiro atoms. The van der Waals surface area contributed by atoms with Gasteiger partial charge in [0.2, 0.25) is 0 Å². The van der Waals surface area contributed by atoms with Crippen molar-refractivity contribution in [3.63, 3.8) is 0 Å². The van der Waals surface area contributed by atoms with Gasteiger partial charge in [-0.25, -0.2) is 9.37 Å². The molecular formula is C12H8ClFN2O3. The van der Waals surface area contributed by atoms with Gasteiger partial charge in [-0.15, -0.1) is 0 Å². The van der Waals surface area contributed by atoms with Gasteiger partial charge in [0.1, 0.15) is 22.3 Å². The first-order valence-corrected chi connectivity index (χ1v) is 5.51. The molecular weight excluding hydrogens is 275 g/mol. The van der Waals surface area contributed by atoms with E-state index in [1.807, 2.05) is 0 Å². The lowest BCUT2D eigenvalue weighted by Crippen LogP contribution is -2.15. The van der Waals surface area contributed by atoms with Crippen LogP contribution in [-0.4, -0.2) is 21.1 Å². The van der Waals surface area contributed by atoms with E-state index in [2.05, 4.69) is 10.3 Å². The highest BCUT2D eigenvalue weighted by Gasteiger charge is 2.18.